The van der Waals surface area contributed by atoms with Gasteiger partial charge < -0.3 is 15.4 Å². The molecule has 1 heterocycles. The summed E-state index contributed by atoms with van der Waals surface area (Å²) < 4.78 is 6.01. The van der Waals surface area contributed by atoms with E-state index in [4.69, 9.17) is 4.74 Å². The van der Waals surface area contributed by atoms with E-state index in [0.717, 1.165) is 38.2 Å². The smallest absolute Gasteiger partial charge is 0.119 e. The van der Waals surface area contributed by atoms with Crippen LogP contribution in [-0.4, -0.2) is 25.7 Å². The van der Waals surface area contributed by atoms with Crippen LogP contribution < -0.4 is 15.4 Å². The highest BCUT2D eigenvalue weighted by atomic mass is 16.5. The highest BCUT2D eigenvalue weighted by molar-refractivity contribution is 5.46. The van der Waals surface area contributed by atoms with E-state index in [1.807, 2.05) is 0 Å². The summed E-state index contributed by atoms with van der Waals surface area (Å²) in [5.74, 6) is 0.996. The van der Waals surface area contributed by atoms with Gasteiger partial charge >= 0.3 is 0 Å². The van der Waals surface area contributed by atoms with E-state index in [0.29, 0.717) is 6.10 Å². The molecule has 0 aliphatic carbocycles. The number of hydrogen-bond donors (Lipinski definition) is 2. The number of ether oxygens (including phenoxy) is 1. The normalized spacial score (nSPS) is 15.9. The molecule has 0 spiro atoms. The summed E-state index contributed by atoms with van der Waals surface area (Å²) in [4.78, 5) is 0. The SMILES string of the molecule is CCCCCCCNc1ccc(OC2CCNCC2)cc1. The lowest BCUT2D eigenvalue weighted by molar-refractivity contribution is 0.162. The molecule has 1 saturated heterocycles. The molecule has 0 bridgehead atoms. The summed E-state index contributed by atoms with van der Waals surface area (Å²) in [6, 6.07) is 8.42. The quantitative estimate of drug-likeness (QED) is 0.669. The lowest BCUT2D eigenvalue weighted by Crippen LogP contribution is -2.34. The third kappa shape index (κ3) is 6.38. The number of rotatable bonds is 9. The molecule has 118 valence electrons. The van der Waals surface area contributed by atoms with Crippen molar-refractivity contribution in [3.63, 3.8) is 0 Å². The van der Waals surface area contributed by atoms with Crippen LogP contribution in [0.1, 0.15) is 51.9 Å². The van der Waals surface area contributed by atoms with Gasteiger partial charge in [-0.05, 0) is 56.6 Å². The second-order valence-electron chi connectivity index (χ2n) is 5.93. The van der Waals surface area contributed by atoms with Gasteiger partial charge in [-0.1, -0.05) is 32.6 Å². The van der Waals surface area contributed by atoms with Crippen LogP contribution >= 0.6 is 0 Å². The number of nitrogens with one attached hydrogen (secondary N) is 2. The average Bonchev–Trinajstić information content (AvgIpc) is 2.53. The van der Waals surface area contributed by atoms with Crippen LogP contribution in [0.25, 0.3) is 0 Å². The summed E-state index contributed by atoms with van der Waals surface area (Å²) in [5.41, 5.74) is 1.20. The van der Waals surface area contributed by atoms with E-state index in [1.165, 1.54) is 37.8 Å². The van der Waals surface area contributed by atoms with Crippen LogP contribution in [-0.2, 0) is 0 Å². The van der Waals surface area contributed by atoms with E-state index >= 15 is 0 Å². The molecule has 2 rings (SSSR count). The van der Waals surface area contributed by atoms with Gasteiger partial charge in [-0.3, -0.25) is 0 Å². The van der Waals surface area contributed by atoms with Gasteiger partial charge in [0.15, 0.2) is 0 Å². The van der Waals surface area contributed by atoms with Crippen molar-refractivity contribution in [2.45, 2.75) is 58.0 Å². The Kier molecular flexibility index (Phi) is 7.44. The topological polar surface area (TPSA) is 33.3 Å². The first-order chi connectivity index (χ1) is 10.4. The molecule has 1 aromatic rings. The van der Waals surface area contributed by atoms with E-state index < -0.39 is 0 Å². The predicted molar refractivity (Wildman–Crippen MR) is 90.2 cm³/mol. The Morgan fingerprint density at radius 2 is 1.76 bits per heavy atom. The first kappa shape index (κ1) is 16.2. The first-order valence-corrected chi connectivity index (χ1v) is 8.60. The van der Waals surface area contributed by atoms with Crippen molar-refractivity contribution in [3.05, 3.63) is 24.3 Å². The molecule has 0 amide bonds. The molecule has 1 fully saturated rings. The number of hydrogen-bond acceptors (Lipinski definition) is 3. The fourth-order valence-corrected chi connectivity index (χ4v) is 2.72. The van der Waals surface area contributed by atoms with Crippen LogP contribution in [0.3, 0.4) is 0 Å². The molecule has 1 aliphatic rings. The van der Waals surface area contributed by atoms with Gasteiger partial charge in [0.2, 0.25) is 0 Å². The van der Waals surface area contributed by atoms with Gasteiger partial charge in [-0.25, -0.2) is 0 Å². The Morgan fingerprint density at radius 3 is 2.48 bits per heavy atom. The third-order valence-electron chi connectivity index (χ3n) is 4.05. The zero-order chi connectivity index (χ0) is 14.8. The molecule has 3 nitrogen and oxygen atoms in total. The molecule has 2 N–H and O–H groups in total. The predicted octanol–water partition coefficient (Wildman–Crippen LogP) is 4.20. The Labute approximate surface area is 129 Å². The summed E-state index contributed by atoms with van der Waals surface area (Å²) in [7, 11) is 0. The van der Waals surface area contributed by atoms with Gasteiger partial charge in [-0.2, -0.15) is 0 Å². The van der Waals surface area contributed by atoms with Crippen LogP contribution in [0.4, 0.5) is 5.69 Å². The number of anilines is 1. The highest BCUT2D eigenvalue weighted by Crippen LogP contribution is 2.19. The summed E-state index contributed by atoms with van der Waals surface area (Å²) in [5, 5.41) is 6.85. The Balaban J connectivity index is 1.64. The molecule has 0 unspecified atom stereocenters. The minimum atomic E-state index is 0.378. The van der Waals surface area contributed by atoms with E-state index in [-0.39, 0.29) is 0 Å². The average molecular weight is 290 g/mol. The first-order valence-electron chi connectivity index (χ1n) is 8.60. The maximum absolute atomic E-state index is 6.01. The van der Waals surface area contributed by atoms with Gasteiger partial charge in [0.1, 0.15) is 11.9 Å². The van der Waals surface area contributed by atoms with Crippen LogP contribution in [0.15, 0.2) is 24.3 Å². The fourth-order valence-electron chi connectivity index (χ4n) is 2.72. The maximum atomic E-state index is 6.01. The monoisotopic (exact) mass is 290 g/mol. The molecule has 0 aromatic heterocycles. The molecule has 21 heavy (non-hydrogen) atoms. The van der Waals surface area contributed by atoms with Gasteiger partial charge in [0, 0.05) is 12.2 Å². The molecule has 0 radical (unpaired) electrons. The number of piperidine rings is 1. The third-order valence-corrected chi connectivity index (χ3v) is 4.05. The van der Waals surface area contributed by atoms with Gasteiger partial charge in [0.05, 0.1) is 0 Å². The van der Waals surface area contributed by atoms with Crippen molar-refractivity contribution in [3.8, 4) is 5.75 Å². The molecule has 1 aromatic carbocycles. The lowest BCUT2D eigenvalue weighted by atomic mass is 10.1. The van der Waals surface area contributed by atoms with Crippen LogP contribution in [0.2, 0.25) is 0 Å². The molecule has 1 aliphatic heterocycles. The zero-order valence-electron chi connectivity index (χ0n) is 13.4. The van der Waals surface area contributed by atoms with Gasteiger partial charge in [-0.15, -0.1) is 0 Å². The number of benzene rings is 1. The summed E-state index contributed by atoms with van der Waals surface area (Å²) >= 11 is 0. The highest BCUT2D eigenvalue weighted by Gasteiger charge is 2.13. The molecule has 0 atom stereocenters. The zero-order valence-corrected chi connectivity index (χ0v) is 13.4. The molecule has 3 heteroatoms. The minimum absolute atomic E-state index is 0.378. The molecule has 0 saturated carbocycles. The van der Waals surface area contributed by atoms with Crippen molar-refractivity contribution in [2.75, 3.05) is 25.0 Å². The van der Waals surface area contributed by atoms with Crippen LogP contribution in [0.5, 0.6) is 5.75 Å². The second-order valence-corrected chi connectivity index (χ2v) is 5.93. The lowest BCUT2D eigenvalue weighted by Gasteiger charge is -2.23. The van der Waals surface area contributed by atoms with Crippen molar-refractivity contribution >= 4 is 5.69 Å². The van der Waals surface area contributed by atoms with E-state index in [9.17, 15) is 0 Å². The standard InChI is InChI=1S/C18H30N2O/c1-2-3-4-5-6-13-20-16-7-9-17(10-8-16)21-18-11-14-19-15-12-18/h7-10,18-20H,2-6,11-15H2,1H3. The van der Waals surface area contributed by atoms with E-state index in [2.05, 4.69) is 41.8 Å². The Morgan fingerprint density at radius 1 is 1.05 bits per heavy atom. The summed E-state index contributed by atoms with van der Waals surface area (Å²) in [6.45, 7) is 5.47. The van der Waals surface area contributed by atoms with Gasteiger partial charge in [0.25, 0.3) is 0 Å². The molecular formula is C18H30N2O. The molecular weight excluding hydrogens is 260 g/mol. The minimum Gasteiger partial charge on any atom is -0.490 e. The van der Waals surface area contributed by atoms with E-state index in [1.54, 1.807) is 0 Å². The largest absolute Gasteiger partial charge is 0.490 e. The fraction of sp³-hybridized carbons (Fsp3) is 0.667. The number of unbranched alkanes of at least 4 members (excludes halogenated alkanes) is 4. The van der Waals surface area contributed by atoms with Crippen molar-refractivity contribution in [1.29, 1.82) is 0 Å². The van der Waals surface area contributed by atoms with Crippen molar-refractivity contribution in [1.82, 2.24) is 5.32 Å². The van der Waals surface area contributed by atoms with Crippen LogP contribution in [0, 0.1) is 0 Å². The Bertz CT molecular complexity index is 371. The summed E-state index contributed by atoms with van der Waals surface area (Å²) in [6.07, 6.45) is 9.22. The maximum Gasteiger partial charge on any atom is 0.119 e. The van der Waals surface area contributed by atoms with Crippen molar-refractivity contribution < 1.29 is 4.74 Å². The van der Waals surface area contributed by atoms with Crippen molar-refractivity contribution in [2.24, 2.45) is 0 Å². The Hall–Kier alpha value is -1.22. The second kappa shape index (κ2) is 9.67.